The normalized spacial score (nSPS) is 16.7. The molecule has 0 spiro atoms. The summed E-state index contributed by atoms with van der Waals surface area (Å²) in [5.74, 6) is -1.31. The molecular weight excluding hydrogens is 459 g/mol. The van der Waals surface area contributed by atoms with Gasteiger partial charge in [0.25, 0.3) is 5.91 Å². The molecular formula is C19H12Cl3N2O4S-. The maximum absolute atomic E-state index is 12.6. The van der Waals surface area contributed by atoms with Gasteiger partial charge in [-0.2, -0.15) is 0 Å². The molecule has 10 heteroatoms. The summed E-state index contributed by atoms with van der Waals surface area (Å²) in [5, 5.41) is 12.3. The maximum Gasteiger partial charge on any atom is 0.266 e. The lowest BCUT2D eigenvalue weighted by atomic mass is 10.2. The molecule has 1 saturated heterocycles. The van der Waals surface area contributed by atoms with Gasteiger partial charge in [0, 0.05) is 28.2 Å². The number of likely N-dealkylation sites (N-methyl/N-ethyl adjacent to an activating group) is 1. The minimum atomic E-state index is -1.41. The Morgan fingerprint density at radius 3 is 2.59 bits per heavy atom. The predicted octanol–water partition coefficient (Wildman–Crippen LogP) is 4.25. The second kappa shape index (κ2) is 8.67. The summed E-state index contributed by atoms with van der Waals surface area (Å²) in [6.07, 6.45) is 1.61. The molecule has 6 nitrogen and oxygen atoms in total. The molecule has 0 unspecified atom stereocenters. The van der Waals surface area contributed by atoms with Gasteiger partial charge >= 0.3 is 0 Å². The first-order valence-electron chi connectivity index (χ1n) is 8.01. The lowest BCUT2D eigenvalue weighted by molar-refractivity contribution is -0.255. The summed E-state index contributed by atoms with van der Waals surface area (Å²) in [4.78, 5) is 29.9. The standard InChI is InChI=1S/C19H13Cl3N2O4S/c1-24-17(25)15(6-9-5-10(20)7-14(22)16(9)28-2)29-19(24)23-11-3-4-13(21)12(8-11)18(26)27/h3-8H,1-2H3,(H,26,27)/p-1/b15-6-,23-19?. The van der Waals surface area contributed by atoms with E-state index in [2.05, 4.69) is 4.99 Å². The van der Waals surface area contributed by atoms with Crippen molar-refractivity contribution in [3.63, 3.8) is 0 Å². The van der Waals surface area contributed by atoms with Crippen molar-refractivity contribution in [2.75, 3.05) is 14.2 Å². The highest BCUT2D eigenvalue weighted by molar-refractivity contribution is 8.18. The van der Waals surface area contributed by atoms with E-state index in [9.17, 15) is 14.7 Å². The van der Waals surface area contributed by atoms with E-state index in [1.807, 2.05) is 0 Å². The van der Waals surface area contributed by atoms with Gasteiger partial charge in [-0.3, -0.25) is 9.69 Å². The number of amidine groups is 1. The van der Waals surface area contributed by atoms with Gasteiger partial charge in [0.15, 0.2) is 5.17 Å². The molecule has 0 atom stereocenters. The number of carbonyl (C=O) groups is 2. The first-order valence-corrected chi connectivity index (χ1v) is 9.96. The third kappa shape index (κ3) is 4.53. The smallest absolute Gasteiger partial charge is 0.266 e. The lowest BCUT2D eigenvalue weighted by Gasteiger charge is -2.09. The topological polar surface area (TPSA) is 82.0 Å². The number of aliphatic imine (C=N–C) groups is 1. The summed E-state index contributed by atoms with van der Waals surface area (Å²) >= 11 is 19.2. The number of hydrogen-bond acceptors (Lipinski definition) is 6. The van der Waals surface area contributed by atoms with Crippen molar-refractivity contribution in [3.05, 3.63) is 61.4 Å². The largest absolute Gasteiger partial charge is 0.545 e. The Kier molecular flexibility index (Phi) is 6.43. The fraction of sp³-hybridized carbons (Fsp3) is 0.105. The van der Waals surface area contributed by atoms with E-state index in [0.717, 1.165) is 11.8 Å². The van der Waals surface area contributed by atoms with Crippen LogP contribution in [-0.2, 0) is 4.79 Å². The number of benzene rings is 2. The number of carbonyl (C=O) groups excluding carboxylic acids is 2. The fourth-order valence-electron chi connectivity index (χ4n) is 2.55. The second-order valence-electron chi connectivity index (χ2n) is 5.83. The Hall–Kier alpha value is -2.19. The Bertz CT molecular complexity index is 1090. The van der Waals surface area contributed by atoms with Gasteiger partial charge in [-0.25, -0.2) is 4.99 Å². The third-order valence-electron chi connectivity index (χ3n) is 3.93. The number of ether oxygens (including phenoxy) is 1. The molecule has 1 fully saturated rings. The molecule has 1 amide bonds. The SMILES string of the molecule is COc1c(Cl)cc(Cl)cc1/C=C1\SC(=Nc2ccc(Cl)c(C(=O)[O-])c2)N(C)C1=O. The van der Waals surface area contributed by atoms with Gasteiger partial charge in [-0.15, -0.1) is 0 Å². The molecule has 0 aromatic heterocycles. The number of rotatable bonds is 4. The van der Waals surface area contributed by atoms with E-state index in [-0.39, 0.29) is 16.5 Å². The minimum Gasteiger partial charge on any atom is -0.545 e. The number of thioether (sulfide) groups is 1. The van der Waals surface area contributed by atoms with Crippen LogP contribution in [-0.4, -0.2) is 36.1 Å². The average molecular weight is 471 g/mol. The van der Waals surface area contributed by atoms with Crippen LogP contribution in [0.25, 0.3) is 6.08 Å². The van der Waals surface area contributed by atoms with Gasteiger partial charge in [-0.05, 0) is 48.2 Å². The summed E-state index contributed by atoms with van der Waals surface area (Å²) in [7, 11) is 3.03. The zero-order valence-corrected chi connectivity index (χ0v) is 18.1. The van der Waals surface area contributed by atoms with Gasteiger partial charge in [-0.1, -0.05) is 34.8 Å². The number of amides is 1. The molecule has 0 aliphatic carbocycles. The van der Waals surface area contributed by atoms with E-state index in [1.165, 1.54) is 24.1 Å². The number of hydrogen-bond donors (Lipinski definition) is 0. The molecule has 0 N–H and O–H groups in total. The summed E-state index contributed by atoms with van der Waals surface area (Å²) in [5.41, 5.74) is 0.682. The molecule has 1 aliphatic rings. The van der Waals surface area contributed by atoms with Crippen molar-refractivity contribution in [2.24, 2.45) is 4.99 Å². The van der Waals surface area contributed by atoms with Crippen LogP contribution in [0.3, 0.4) is 0 Å². The molecule has 0 bridgehead atoms. The van der Waals surface area contributed by atoms with Crippen LogP contribution in [0.15, 0.2) is 40.2 Å². The Morgan fingerprint density at radius 2 is 1.93 bits per heavy atom. The molecule has 0 saturated carbocycles. The quantitative estimate of drug-likeness (QED) is 0.624. The van der Waals surface area contributed by atoms with Crippen molar-refractivity contribution >= 4 is 75.4 Å². The Balaban J connectivity index is 1.99. The average Bonchev–Trinajstić information content (AvgIpc) is 2.90. The van der Waals surface area contributed by atoms with Gasteiger partial charge in [0.2, 0.25) is 0 Å². The van der Waals surface area contributed by atoms with Crippen molar-refractivity contribution in [2.45, 2.75) is 0 Å². The zero-order valence-electron chi connectivity index (χ0n) is 15.0. The van der Waals surface area contributed by atoms with Crippen LogP contribution in [0, 0.1) is 0 Å². The van der Waals surface area contributed by atoms with Crippen molar-refractivity contribution in [1.82, 2.24) is 4.90 Å². The molecule has 150 valence electrons. The molecule has 3 rings (SSSR count). The number of nitrogens with zero attached hydrogens (tertiary/aromatic N) is 2. The van der Waals surface area contributed by atoms with Crippen LogP contribution in [0.1, 0.15) is 15.9 Å². The van der Waals surface area contributed by atoms with Crippen LogP contribution in [0.5, 0.6) is 5.75 Å². The third-order valence-corrected chi connectivity index (χ3v) is 5.81. The summed E-state index contributed by atoms with van der Waals surface area (Å²) < 4.78 is 5.30. The van der Waals surface area contributed by atoms with Crippen LogP contribution in [0.4, 0.5) is 5.69 Å². The van der Waals surface area contributed by atoms with Crippen LogP contribution in [0.2, 0.25) is 15.1 Å². The highest BCUT2D eigenvalue weighted by Crippen LogP contribution is 2.38. The van der Waals surface area contributed by atoms with Gasteiger partial charge in [0.05, 0.1) is 28.7 Å². The highest BCUT2D eigenvalue weighted by Gasteiger charge is 2.31. The Morgan fingerprint density at radius 1 is 1.21 bits per heavy atom. The maximum atomic E-state index is 12.6. The summed E-state index contributed by atoms with van der Waals surface area (Å²) in [6, 6.07) is 7.41. The van der Waals surface area contributed by atoms with Crippen molar-refractivity contribution < 1.29 is 19.4 Å². The molecule has 1 heterocycles. The van der Waals surface area contributed by atoms with Crippen LogP contribution >= 0.6 is 46.6 Å². The number of aromatic carboxylic acids is 1. The molecule has 1 aliphatic heterocycles. The minimum absolute atomic E-state index is 0.0444. The molecule has 29 heavy (non-hydrogen) atoms. The first-order chi connectivity index (χ1) is 13.7. The monoisotopic (exact) mass is 469 g/mol. The van der Waals surface area contributed by atoms with Crippen LogP contribution < -0.4 is 9.84 Å². The first kappa shape index (κ1) is 21.5. The number of halogens is 3. The fourth-order valence-corrected chi connectivity index (χ4v) is 4.30. The number of methoxy groups -OCH3 is 1. The Labute approximate surface area is 185 Å². The molecule has 2 aromatic carbocycles. The van der Waals surface area contributed by atoms with E-state index in [4.69, 9.17) is 39.5 Å². The summed E-state index contributed by atoms with van der Waals surface area (Å²) in [6.45, 7) is 0. The lowest BCUT2D eigenvalue weighted by Crippen LogP contribution is -2.24. The number of carboxylic acids is 1. The second-order valence-corrected chi connectivity index (χ2v) is 8.09. The van der Waals surface area contributed by atoms with E-state index < -0.39 is 5.97 Å². The molecule has 2 aromatic rings. The van der Waals surface area contributed by atoms with Crippen molar-refractivity contribution in [3.8, 4) is 5.75 Å². The zero-order chi connectivity index (χ0) is 21.3. The van der Waals surface area contributed by atoms with E-state index >= 15 is 0 Å². The van der Waals surface area contributed by atoms with Crippen molar-refractivity contribution in [1.29, 1.82) is 0 Å². The highest BCUT2D eigenvalue weighted by atomic mass is 35.5. The predicted molar refractivity (Wildman–Crippen MR) is 114 cm³/mol. The van der Waals surface area contributed by atoms with Gasteiger partial charge < -0.3 is 14.6 Å². The van der Waals surface area contributed by atoms with E-state index in [0.29, 0.717) is 37.1 Å². The number of carboxylic acid groups (broad SMARTS) is 1. The van der Waals surface area contributed by atoms with E-state index in [1.54, 1.807) is 31.3 Å². The molecule has 0 radical (unpaired) electrons. The van der Waals surface area contributed by atoms with Gasteiger partial charge in [0.1, 0.15) is 5.75 Å².